The van der Waals surface area contributed by atoms with E-state index in [1.165, 1.54) is 0 Å². The molecule has 0 radical (unpaired) electrons. The number of halogens is 1. The number of hydrogen-bond donors (Lipinski definition) is 1. The van der Waals surface area contributed by atoms with Gasteiger partial charge >= 0.3 is 5.97 Å². The number of rotatable bonds is 3. The normalized spacial score (nSPS) is 11.4. The molecule has 0 fully saturated rings. The first-order valence-corrected chi connectivity index (χ1v) is 6.49. The number of carboxylic acid groups (broad SMARTS) is 1. The minimum Gasteiger partial charge on any atom is -0.478 e. The lowest BCUT2D eigenvalue weighted by Gasteiger charge is -2.07. The number of aromatic nitrogens is 1. The molecule has 19 heavy (non-hydrogen) atoms. The van der Waals surface area contributed by atoms with Crippen molar-refractivity contribution >= 4 is 28.0 Å². The SMILES string of the molecule is C/C(=C\c1cnccc1-c1cccc(Br)c1)C(=O)O. The topological polar surface area (TPSA) is 50.2 Å². The highest BCUT2D eigenvalue weighted by atomic mass is 79.9. The Morgan fingerprint density at radius 1 is 1.37 bits per heavy atom. The van der Waals surface area contributed by atoms with Gasteiger partial charge in [0.2, 0.25) is 0 Å². The Bertz CT molecular complexity index is 650. The van der Waals surface area contributed by atoms with Gasteiger partial charge in [-0.25, -0.2) is 4.79 Å². The summed E-state index contributed by atoms with van der Waals surface area (Å²) >= 11 is 3.43. The number of hydrogen-bond acceptors (Lipinski definition) is 2. The molecule has 2 aromatic rings. The lowest BCUT2D eigenvalue weighted by atomic mass is 10.0. The number of carbonyl (C=O) groups is 1. The van der Waals surface area contributed by atoms with Gasteiger partial charge in [-0.15, -0.1) is 0 Å². The van der Waals surface area contributed by atoms with Crippen molar-refractivity contribution in [2.75, 3.05) is 0 Å². The Morgan fingerprint density at radius 3 is 2.84 bits per heavy atom. The molecule has 0 saturated carbocycles. The largest absolute Gasteiger partial charge is 0.478 e. The van der Waals surface area contributed by atoms with E-state index in [1.807, 2.05) is 30.3 Å². The summed E-state index contributed by atoms with van der Waals surface area (Å²) < 4.78 is 0.978. The van der Waals surface area contributed by atoms with E-state index < -0.39 is 5.97 Å². The number of pyridine rings is 1. The quantitative estimate of drug-likeness (QED) is 0.870. The first-order chi connectivity index (χ1) is 9.08. The lowest BCUT2D eigenvalue weighted by Crippen LogP contribution is -1.96. The number of benzene rings is 1. The zero-order valence-electron chi connectivity index (χ0n) is 10.3. The van der Waals surface area contributed by atoms with E-state index in [2.05, 4.69) is 20.9 Å². The molecule has 0 aliphatic heterocycles. The van der Waals surface area contributed by atoms with Crippen molar-refractivity contribution in [1.29, 1.82) is 0 Å². The van der Waals surface area contributed by atoms with Gasteiger partial charge in [-0.05, 0) is 42.3 Å². The molecule has 4 heteroatoms. The Hall–Kier alpha value is -1.94. The number of nitrogens with zero attached hydrogens (tertiary/aromatic N) is 1. The smallest absolute Gasteiger partial charge is 0.331 e. The molecule has 1 aromatic heterocycles. The van der Waals surface area contributed by atoms with E-state index >= 15 is 0 Å². The van der Waals surface area contributed by atoms with Crippen LogP contribution >= 0.6 is 15.9 Å². The van der Waals surface area contributed by atoms with Crippen molar-refractivity contribution in [1.82, 2.24) is 4.98 Å². The van der Waals surface area contributed by atoms with E-state index in [9.17, 15) is 4.79 Å². The summed E-state index contributed by atoms with van der Waals surface area (Å²) in [4.78, 5) is 15.0. The third-order valence-electron chi connectivity index (χ3n) is 2.70. The maximum Gasteiger partial charge on any atom is 0.331 e. The second kappa shape index (κ2) is 5.80. The average Bonchev–Trinajstić information content (AvgIpc) is 2.39. The molecule has 0 atom stereocenters. The zero-order chi connectivity index (χ0) is 13.8. The highest BCUT2D eigenvalue weighted by Gasteiger charge is 2.06. The van der Waals surface area contributed by atoms with Gasteiger partial charge in [0.1, 0.15) is 0 Å². The van der Waals surface area contributed by atoms with E-state index in [0.717, 1.165) is 21.2 Å². The van der Waals surface area contributed by atoms with Crippen LogP contribution in [0.1, 0.15) is 12.5 Å². The maximum atomic E-state index is 10.9. The van der Waals surface area contributed by atoms with Crippen LogP contribution in [0.15, 0.2) is 52.8 Å². The zero-order valence-corrected chi connectivity index (χ0v) is 11.9. The van der Waals surface area contributed by atoms with E-state index in [1.54, 1.807) is 25.4 Å². The first-order valence-electron chi connectivity index (χ1n) is 5.69. The minimum atomic E-state index is -0.927. The maximum absolute atomic E-state index is 10.9. The van der Waals surface area contributed by atoms with Gasteiger partial charge < -0.3 is 5.11 Å². The summed E-state index contributed by atoms with van der Waals surface area (Å²) in [6.45, 7) is 1.57. The molecule has 0 saturated heterocycles. The average molecular weight is 318 g/mol. The third kappa shape index (κ3) is 3.29. The minimum absolute atomic E-state index is 0.282. The second-order valence-corrected chi connectivity index (χ2v) is 5.02. The fraction of sp³-hybridized carbons (Fsp3) is 0.0667. The molecular formula is C15H12BrNO2. The molecule has 0 spiro atoms. The third-order valence-corrected chi connectivity index (χ3v) is 3.19. The van der Waals surface area contributed by atoms with Crippen LogP contribution < -0.4 is 0 Å². The lowest BCUT2D eigenvalue weighted by molar-refractivity contribution is -0.132. The van der Waals surface area contributed by atoms with Gasteiger partial charge in [0.05, 0.1) is 0 Å². The van der Waals surface area contributed by atoms with Crippen LogP contribution in [0.4, 0.5) is 0 Å². The van der Waals surface area contributed by atoms with Crippen molar-refractivity contribution in [3.63, 3.8) is 0 Å². The summed E-state index contributed by atoms with van der Waals surface area (Å²) in [6.07, 6.45) is 5.00. The number of aliphatic carboxylic acids is 1. The van der Waals surface area contributed by atoms with Gasteiger partial charge in [-0.1, -0.05) is 28.1 Å². The van der Waals surface area contributed by atoms with Gasteiger partial charge in [0.25, 0.3) is 0 Å². The van der Waals surface area contributed by atoms with Gasteiger partial charge in [-0.3, -0.25) is 4.98 Å². The Balaban J connectivity index is 2.53. The predicted molar refractivity (Wildman–Crippen MR) is 78.7 cm³/mol. The molecule has 0 bridgehead atoms. The summed E-state index contributed by atoms with van der Waals surface area (Å²) in [6, 6.07) is 9.74. The Kier molecular flexibility index (Phi) is 4.12. The molecule has 0 aliphatic carbocycles. The van der Waals surface area contributed by atoms with Crippen LogP contribution in [0, 0.1) is 0 Å². The molecule has 0 amide bonds. The van der Waals surface area contributed by atoms with Crippen LogP contribution in [0.2, 0.25) is 0 Å². The van der Waals surface area contributed by atoms with Gasteiger partial charge in [0, 0.05) is 28.0 Å². The standard InChI is InChI=1S/C15H12BrNO2/c1-10(15(18)19)7-12-9-17-6-5-14(12)11-3-2-4-13(16)8-11/h2-9H,1H3,(H,18,19)/b10-7+. The predicted octanol–water partition coefficient (Wildman–Crippen LogP) is 4.00. The second-order valence-electron chi connectivity index (χ2n) is 4.11. The van der Waals surface area contributed by atoms with E-state index in [0.29, 0.717) is 0 Å². The van der Waals surface area contributed by atoms with Crippen LogP contribution in [0.25, 0.3) is 17.2 Å². The molecular weight excluding hydrogens is 306 g/mol. The summed E-state index contributed by atoms with van der Waals surface area (Å²) in [5, 5.41) is 8.95. The van der Waals surface area contributed by atoms with Crippen molar-refractivity contribution in [2.45, 2.75) is 6.92 Å². The van der Waals surface area contributed by atoms with Gasteiger partial charge in [-0.2, -0.15) is 0 Å². The number of carboxylic acids is 1. The molecule has 96 valence electrons. The summed E-state index contributed by atoms with van der Waals surface area (Å²) in [5.41, 5.74) is 3.04. The molecule has 0 unspecified atom stereocenters. The van der Waals surface area contributed by atoms with Gasteiger partial charge in [0.15, 0.2) is 0 Å². The summed E-state index contributed by atoms with van der Waals surface area (Å²) in [7, 11) is 0. The highest BCUT2D eigenvalue weighted by molar-refractivity contribution is 9.10. The van der Waals surface area contributed by atoms with Crippen LogP contribution in [0.5, 0.6) is 0 Å². The molecule has 1 aromatic carbocycles. The van der Waals surface area contributed by atoms with Crippen molar-refractivity contribution in [3.8, 4) is 11.1 Å². The van der Waals surface area contributed by atoms with E-state index in [4.69, 9.17) is 5.11 Å². The van der Waals surface area contributed by atoms with Crippen molar-refractivity contribution in [3.05, 3.63) is 58.3 Å². The Labute approximate surface area is 119 Å². The molecule has 1 N–H and O–H groups in total. The molecule has 1 heterocycles. The van der Waals surface area contributed by atoms with Crippen LogP contribution in [-0.4, -0.2) is 16.1 Å². The van der Waals surface area contributed by atoms with Crippen molar-refractivity contribution in [2.24, 2.45) is 0 Å². The van der Waals surface area contributed by atoms with Crippen LogP contribution in [0.3, 0.4) is 0 Å². The molecule has 0 aliphatic rings. The van der Waals surface area contributed by atoms with Crippen molar-refractivity contribution < 1.29 is 9.90 Å². The Morgan fingerprint density at radius 2 is 2.16 bits per heavy atom. The fourth-order valence-corrected chi connectivity index (χ4v) is 2.13. The highest BCUT2D eigenvalue weighted by Crippen LogP contribution is 2.27. The summed E-state index contributed by atoms with van der Waals surface area (Å²) in [5.74, 6) is -0.927. The molecule has 3 nitrogen and oxygen atoms in total. The van der Waals surface area contributed by atoms with E-state index in [-0.39, 0.29) is 5.57 Å². The monoisotopic (exact) mass is 317 g/mol. The fourth-order valence-electron chi connectivity index (χ4n) is 1.74. The molecule has 2 rings (SSSR count). The first kappa shape index (κ1) is 13.5. The van der Waals surface area contributed by atoms with Crippen LogP contribution in [-0.2, 0) is 4.79 Å².